The lowest BCUT2D eigenvalue weighted by Gasteiger charge is -2.73. The minimum absolute atomic E-state index is 0.0406. The lowest BCUT2D eigenvalue weighted by Crippen LogP contribution is -2.66. The number of ether oxygens (including phenoxy) is 1. The number of aldehydes is 1. The second-order valence-corrected chi connectivity index (χ2v) is 18.2. The van der Waals surface area contributed by atoms with E-state index in [9.17, 15) is 19.5 Å². The van der Waals surface area contributed by atoms with E-state index in [2.05, 4.69) is 48.1 Å². The molecule has 0 bridgehead atoms. The molecule has 5 heteroatoms. The van der Waals surface area contributed by atoms with Gasteiger partial charge in [0.1, 0.15) is 12.4 Å². The highest BCUT2D eigenvalue weighted by Gasteiger charge is 2.71. The van der Waals surface area contributed by atoms with Crippen LogP contribution in [0.25, 0.3) is 0 Å². The molecule has 0 amide bonds. The summed E-state index contributed by atoms with van der Waals surface area (Å²) < 4.78 is 6.23. The average molecular weight is 597 g/mol. The first kappa shape index (κ1) is 32.7. The van der Waals surface area contributed by atoms with Crippen LogP contribution in [0.5, 0.6) is 0 Å². The van der Waals surface area contributed by atoms with Crippen molar-refractivity contribution in [3.05, 3.63) is 12.2 Å². The van der Waals surface area contributed by atoms with Crippen LogP contribution in [0, 0.1) is 62.1 Å². The van der Waals surface area contributed by atoms with Gasteiger partial charge in [0.05, 0.1) is 12.8 Å². The second-order valence-electron chi connectivity index (χ2n) is 18.2. The number of allylic oxidation sites excluding steroid dienone is 1. The van der Waals surface area contributed by atoms with E-state index in [4.69, 9.17) is 4.74 Å². The number of fused-ring (bicyclic) bond motifs is 7. The largest absolute Gasteiger partial charge is 0.481 e. The topological polar surface area (TPSA) is 80.7 Å². The van der Waals surface area contributed by atoms with Gasteiger partial charge in [0, 0.05) is 11.8 Å². The average Bonchev–Trinajstić information content (AvgIpc) is 3.25. The molecule has 0 aromatic heterocycles. The predicted octanol–water partition coefficient (Wildman–Crippen LogP) is 9.04. The molecule has 0 saturated heterocycles. The highest BCUT2D eigenvalue weighted by atomic mass is 16.5. The minimum Gasteiger partial charge on any atom is -0.481 e. The van der Waals surface area contributed by atoms with Gasteiger partial charge in [-0.1, -0.05) is 60.6 Å². The zero-order valence-corrected chi connectivity index (χ0v) is 28.5. The van der Waals surface area contributed by atoms with Crippen LogP contribution in [0.4, 0.5) is 0 Å². The SMILES string of the molecule is C=C(C)[C@@H]1CC[C@]2(CC=O)CC[C@]3(C)C(CCC4[C@@]5(C)CC[C@H](OC(=O)CC(C)(C)CC(=O)O)C(C)(C)C5CC[C@]43C)C12. The Morgan fingerprint density at radius 2 is 1.58 bits per heavy atom. The van der Waals surface area contributed by atoms with Crippen molar-refractivity contribution in [3.63, 3.8) is 0 Å². The summed E-state index contributed by atoms with van der Waals surface area (Å²) in [6, 6.07) is 0. The summed E-state index contributed by atoms with van der Waals surface area (Å²) >= 11 is 0. The van der Waals surface area contributed by atoms with Crippen molar-refractivity contribution in [3.8, 4) is 0 Å². The summed E-state index contributed by atoms with van der Waals surface area (Å²) in [6.45, 7) is 22.9. The molecule has 5 fully saturated rings. The molecule has 4 unspecified atom stereocenters. The van der Waals surface area contributed by atoms with Gasteiger partial charge in [-0.15, -0.1) is 0 Å². The fourth-order valence-corrected chi connectivity index (χ4v) is 13.1. The van der Waals surface area contributed by atoms with E-state index in [1.54, 1.807) is 0 Å². The van der Waals surface area contributed by atoms with Crippen molar-refractivity contribution in [2.45, 2.75) is 145 Å². The number of aliphatic carboxylic acids is 1. The summed E-state index contributed by atoms with van der Waals surface area (Å²) in [7, 11) is 0. The number of carbonyl (C=O) groups excluding carboxylic acids is 2. The van der Waals surface area contributed by atoms with Gasteiger partial charge < -0.3 is 14.6 Å². The summed E-state index contributed by atoms with van der Waals surface area (Å²) in [5.74, 6) is 1.74. The zero-order valence-electron chi connectivity index (χ0n) is 28.5. The maximum absolute atomic E-state index is 13.1. The van der Waals surface area contributed by atoms with Crippen LogP contribution in [0.2, 0.25) is 0 Å². The zero-order chi connectivity index (χ0) is 31.8. The molecule has 1 N–H and O–H groups in total. The molecule has 0 aromatic carbocycles. The summed E-state index contributed by atoms with van der Waals surface area (Å²) in [6.07, 6.45) is 13.5. The Labute approximate surface area is 261 Å². The van der Waals surface area contributed by atoms with Crippen molar-refractivity contribution in [2.24, 2.45) is 62.1 Å². The van der Waals surface area contributed by atoms with E-state index in [0.29, 0.717) is 29.6 Å². The van der Waals surface area contributed by atoms with Gasteiger partial charge in [0.15, 0.2) is 0 Å². The summed E-state index contributed by atoms with van der Waals surface area (Å²) in [5, 5.41) is 9.28. The molecule has 0 radical (unpaired) electrons. The number of rotatable bonds is 8. The lowest BCUT2D eigenvalue weighted by molar-refractivity contribution is -0.250. The first-order chi connectivity index (χ1) is 19.9. The van der Waals surface area contributed by atoms with E-state index in [1.165, 1.54) is 56.8 Å². The van der Waals surface area contributed by atoms with Crippen molar-refractivity contribution >= 4 is 18.2 Å². The Morgan fingerprint density at radius 1 is 0.884 bits per heavy atom. The Kier molecular flexibility index (Phi) is 8.16. The lowest BCUT2D eigenvalue weighted by atomic mass is 9.32. The highest BCUT2D eigenvalue weighted by Crippen LogP contribution is 2.77. The first-order valence-corrected chi connectivity index (χ1v) is 17.4. The van der Waals surface area contributed by atoms with Gasteiger partial charge in [-0.2, -0.15) is 0 Å². The predicted molar refractivity (Wildman–Crippen MR) is 170 cm³/mol. The molecule has 5 rings (SSSR count). The van der Waals surface area contributed by atoms with Gasteiger partial charge in [-0.25, -0.2) is 0 Å². The van der Waals surface area contributed by atoms with E-state index >= 15 is 0 Å². The van der Waals surface area contributed by atoms with Gasteiger partial charge in [0.2, 0.25) is 0 Å². The number of esters is 1. The van der Waals surface area contributed by atoms with Crippen LogP contribution in [0.3, 0.4) is 0 Å². The van der Waals surface area contributed by atoms with Crippen LogP contribution in [0.15, 0.2) is 12.2 Å². The van der Waals surface area contributed by atoms with Gasteiger partial charge in [0.25, 0.3) is 0 Å². The maximum atomic E-state index is 13.1. The third-order valence-electron chi connectivity index (χ3n) is 15.2. The van der Waals surface area contributed by atoms with E-state index in [-0.39, 0.29) is 52.0 Å². The van der Waals surface area contributed by atoms with Gasteiger partial charge in [-0.05, 0) is 128 Å². The number of carbonyl (C=O) groups is 3. The monoisotopic (exact) mass is 596 g/mol. The Bertz CT molecular complexity index is 1150. The standard InChI is InChI=1S/C38H60O5/c1-24(2)25-12-17-38(20-21-39)19-18-36(8)26(32(25)38)10-11-28-35(7)15-14-29(34(5,6)27(35)13-16-37(28,36)9)43-31(42)23-33(3,4)22-30(40)41/h21,25-29,32H,1,10-20,22-23H2,2-9H3,(H,40,41)/t25-,26?,27?,28?,29-,32?,35-,36+,37+,38+/m0/s1. The fourth-order valence-electron chi connectivity index (χ4n) is 13.1. The van der Waals surface area contributed by atoms with E-state index in [1.807, 2.05) is 13.8 Å². The molecular weight excluding hydrogens is 536 g/mol. The van der Waals surface area contributed by atoms with Crippen molar-refractivity contribution in [1.82, 2.24) is 0 Å². The molecule has 5 aliphatic rings. The third-order valence-corrected chi connectivity index (χ3v) is 15.2. The van der Waals surface area contributed by atoms with Crippen LogP contribution >= 0.6 is 0 Å². The fraction of sp³-hybridized carbons (Fsp3) is 0.868. The molecule has 5 nitrogen and oxygen atoms in total. The van der Waals surface area contributed by atoms with Crippen LogP contribution in [0.1, 0.15) is 139 Å². The third kappa shape index (κ3) is 4.96. The van der Waals surface area contributed by atoms with Crippen molar-refractivity contribution < 1.29 is 24.2 Å². The van der Waals surface area contributed by atoms with Crippen LogP contribution in [-0.2, 0) is 19.1 Å². The normalized spacial score (nSPS) is 45.1. The Morgan fingerprint density at radius 3 is 2.21 bits per heavy atom. The molecule has 0 aliphatic heterocycles. The Balaban J connectivity index is 1.39. The molecule has 43 heavy (non-hydrogen) atoms. The molecule has 0 aromatic rings. The first-order valence-electron chi connectivity index (χ1n) is 17.4. The van der Waals surface area contributed by atoms with Gasteiger partial charge >= 0.3 is 11.9 Å². The molecule has 5 saturated carbocycles. The van der Waals surface area contributed by atoms with Crippen LogP contribution in [-0.4, -0.2) is 29.4 Å². The highest BCUT2D eigenvalue weighted by molar-refractivity contribution is 5.73. The van der Waals surface area contributed by atoms with E-state index in [0.717, 1.165) is 25.7 Å². The van der Waals surface area contributed by atoms with Gasteiger partial charge in [-0.3, -0.25) is 9.59 Å². The molecule has 242 valence electrons. The van der Waals surface area contributed by atoms with E-state index < -0.39 is 11.4 Å². The maximum Gasteiger partial charge on any atom is 0.306 e. The summed E-state index contributed by atoms with van der Waals surface area (Å²) in [4.78, 5) is 36.4. The Hall–Kier alpha value is -1.65. The number of hydrogen-bond acceptors (Lipinski definition) is 4. The smallest absolute Gasteiger partial charge is 0.306 e. The number of carboxylic acid groups (broad SMARTS) is 1. The molecular formula is C38H60O5. The molecule has 0 spiro atoms. The van der Waals surface area contributed by atoms with Crippen molar-refractivity contribution in [2.75, 3.05) is 0 Å². The molecule has 5 aliphatic carbocycles. The van der Waals surface area contributed by atoms with Crippen LogP contribution < -0.4 is 0 Å². The molecule has 10 atom stereocenters. The second kappa shape index (κ2) is 10.7. The minimum atomic E-state index is -0.879. The quantitative estimate of drug-likeness (QED) is 0.172. The number of hydrogen-bond donors (Lipinski definition) is 1. The number of carboxylic acids is 1. The summed E-state index contributed by atoms with van der Waals surface area (Å²) in [5.41, 5.74) is 1.42. The van der Waals surface area contributed by atoms with Crippen molar-refractivity contribution in [1.29, 1.82) is 0 Å². The molecule has 0 heterocycles.